The minimum atomic E-state index is -3.62. The number of carbonyl (C=O) groups excluding carboxylic acids is 1. The van der Waals surface area contributed by atoms with Gasteiger partial charge in [-0.3, -0.25) is 9.89 Å². The van der Waals surface area contributed by atoms with Crippen LogP contribution < -0.4 is 0 Å². The average Bonchev–Trinajstić information content (AvgIpc) is 3.49. The normalized spacial score (nSPS) is 16.7. The fourth-order valence-corrected chi connectivity index (χ4v) is 6.40. The topological polar surface area (TPSA) is 91.3 Å². The number of nitrogens with one attached hydrogen (secondary N) is 1. The van der Waals surface area contributed by atoms with Crippen molar-refractivity contribution in [2.75, 3.05) is 26.2 Å². The van der Waals surface area contributed by atoms with Crippen LogP contribution >= 0.6 is 11.3 Å². The van der Waals surface area contributed by atoms with Crippen LogP contribution in [0.2, 0.25) is 0 Å². The van der Waals surface area contributed by atoms with Gasteiger partial charge in [0.15, 0.2) is 0 Å². The summed E-state index contributed by atoms with van der Waals surface area (Å²) >= 11 is 1.61. The van der Waals surface area contributed by atoms with Crippen LogP contribution in [-0.4, -0.2) is 64.5 Å². The summed E-state index contributed by atoms with van der Waals surface area (Å²) in [7, 11) is -3.62. The van der Waals surface area contributed by atoms with E-state index in [9.17, 15) is 13.2 Å². The van der Waals surface area contributed by atoms with Gasteiger partial charge in [-0.15, -0.1) is 0 Å². The summed E-state index contributed by atoms with van der Waals surface area (Å²) in [4.78, 5) is 15.0. The Kier molecular flexibility index (Phi) is 5.81. The van der Waals surface area contributed by atoms with Gasteiger partial charge in [-0.1, -0.05) is 0 Å². The lowest BCUT2D eigenvalue weighted by atomic mass is 10.1. The third-order valence-corrected chi connectivity index (χ3v) is 8.40. The van der Waals surface area contributed by atoms with Crippen molar-refractivity contribution in [3.05, 3.63) is 58.3 Å². The van der Waals surface area contributed by atoms with Crippen LogP contribution in [0.25, 0.3) is 0 Å². The van der Waals surface area contributed by atoms with Crippen molar-refractivity contribution in [3.63, 3.8) is 0 Å². The van der Waals surface area contributed by atoms with E-state index in [0.717, 1.165) is 5.56 Å². The number of aromatic nitrogens is 3. The summed E-state index contributed by atoms with van der Waals surface area (Å²) in [6, 6.07) is 5.89. The lowest BCUT2D eigenvalue weighted by molar-refractivity contribution is -0.133. The smallest absolute Gasteiger partial charge is 0.246 e. The molecule has 0 spiro atoms. The van der Waals surface area contributed by atoms with Crippen molar-refractivity contribution >= 4 is 27.3 Å². The van der Waals surface area contributed by atoms with Crippen LogP contribution in [0.15, 0.2) is 46.2 Å². The number of thiophene rings is 1. The Morgan fingerprint density at radius 1 is 1.20 bits per heavy atom. The highest BCUT2D eigenvalue weighted by atomic mass is 32.2. The van der Waals surface area contributed by atoms with E-state index in [1.54, 1.807) is 30.1 Å². The number of H-pyrrole nitrogens is 1. The van der Waals surface area contributed by atoms with E-state index in [-0.39, 0.29) is 29.9 Å². The maximum absolute atomic E-state index is 13.0. The van der Waals surface area contributed by atoms with Gasteiger partial charge in [0.1, 0.15) is 4.90 Å². The molecule has 0 aromatic carbocycles. The summed E-state index contributed by atoms with van der Waals surface area (Å²) in [5.41, 5.74) is 2.12. The van der Waals surface area contributed by atoms with E-state index < -0.39 is 10.0 Å². The van der Waals surface area contributed by atoms with Crippen molar-refractivity contribution in [3.8, 4) is 0 Å². The second-order valence-corrected chi connectivity index (χ2v) is 10.1. The standard InChI is InChI=1S/C20H25N5O3S2/c1-15-20(16(2)22-21-15)30(27,28)25-10-8-24(9-11-25)19(26)13-18(17-5-12-29-14-17)23-6-3-4-7-23/h3-7,12,14,18H,8-11,13H2,1-2H3,(H,21,22)/t18-/m1/s1. The number of carbonyl (C=O) groups is 1. The monoisotopic (exact) mass is 447 g/mol. The lowest BCUT2D eigenvalue weighted by Crippen LogP contribution is -2.50. The molecule has 10 heteroatoms. The van der Waals surface area contributed by atoms with Crippen molar-refractivity contribution in [2.45, 2.75) is 31.2 Å². The first-order chi connectivity index (χ1) is 14.4. The third kappa shape index (κ3) is 3.94. The van der Waals surface area contributed by atoms with Crippen LogP contribution in [0.5, 0.6) is 0 Å². The van der Waals surface area contributed by atoms with Gasteiger partial charge in [0.2, 0.25) is 15.9 Å². The Morgan fingerprint density at radius 2 is 1.90 bits per heavy atom. The average molecular weight is 448 g/mol. The number of rotatable bonds is 6. The zero-order valence-corrected chi connectivity index (χ0v) is 18.6. The number of sulfonamides is 1. The minimum absolute atomic E-state index is 0.0348. The van der Waals surface area contributed by atoms with Gasteiger partial charge in [0, 0.05) is 38.6 Å². The zero-order valence-electron chi connectivity index (χ0n) is 17.0. The van der Waals surface area contributed by atoms with Gasteiger partial charge in [-0.2, -0.15) is 20.7 Å². The molecule has 8 nitrogen and oxygen atoms in total. The summed E-state index contributed by atoms with van der Waals surface area (Å²) in [5.74, 6) is 0.0348. The molecule has 1 aliphatic heterocycles. The van der Waals surface area contributed by atoms with Crippen LogP contribution in [0.1, 0.15) is 29.4 Å². The van der Waals surface area contributed by atoms with Crippen molar-refractivity contribution in [1.82, 2.24) is 24.0 Å². The summed E-state index contributed by atoms with van der Waals surface area (Å²) in [6.45, 7) is 4.72. The van der Waals surface area contributed by atoms with Gasteiger partial charge in [0.05, 0.1) is 23.9 Å². The SMILES string of the molecule is Cc1n[nH]c(C)c1S(=O)(=O)N1CCN(C(=O)C[C@H](c2ccsc2)n2cccc2)CC1. The summed E-state index contributed by atoms with van der Waals surface area (Å²) < 4.78 is 29.5. The molecule has 0 saturated carbocycles. The van der Waals surface area contributed by atoms with E-state index in [4.69, 9.17) is 0 Å². The second-order valence-electron chi connectivity index (χ2n) is 7.45. The van der Waals surface area contributed by atoms with Crippen LogP contribution in [0.4, 0.5) is 0 Å². The molecule has 4 rings (SSSR count). The molecule has 3 aromatic heterocycles. The zero-order chi connectivity index (χ0) is 21.3. The molecule has 160 valence electrons. The number of piperazine rings is 1. The van der Waals surface area contributed by atoms with Gasteiger partial charge in [-0.05, 0) is 48.4 Å². The summed E-state index contributed by atoms with van der Waals surface area (Å²) in [6.07, 6.45) is 4.28. The van der Waals surface area contributed by atoms with Crippen molar-refractivity contribution < 1.29 is 13.2 Å². The van der Waals surface area contributed by atoms with Crippen LogP contribution in [-0.2, 0) is 14.8 Å². The van der Waals surface area contributed by atoms with E-state index in [0.29, 0.717) is 30.9 Å². The van der Waals surface area contributed by atoms with Gasteiger partial charge in [-0.25, -0.2) is 8.42 Å². The largest absolute Gasteiger partial charge is 0.346 e. The fraction of sp³-hybridized carbons (Fsp3) is 0.400. The molecule has 1 fully saturated rings. The number of hydrogen-bond acceptors (Lipinski definition) is 5. The predicted molar refractivity (Wildman–Crippen MR) is 115 cm³/mol. The molecule has 1 atom stereocenters. The van der Waals surface area contributed by atoms with Crippen LogP contribution in [0.3, 0.4) is 0 Å². The molecule has 0 radical (unpaired) electrons. The third-order valence-electron chi connectivity index (χ3n) is 5.53. The molecule has 0 unspecified atom stereocenters. The van der Waals surface area contributed by atoms with Crippen molar-refractivity contribution in [2.24, 2.45) is 0 Å². The molecule has 1 N–H and O–H groups in total. The maximum atomic E-state index is 13.0. The number of hydrogen-bond donors (Lipinski definition) is 1. The Balaban J connectivity index is 1.43. The van der Waals surface area contributed by atoms with E-state index in [2.05, 4.69) is 15.6 Å². The fourth-order valence-electron chi connectivity index (χ4n) is 3.94. The molecule has 4 heterocycles. The Bertz CT molecular complexity index is 1040. The van der Waals surface area contributed by atoms with Crippen molar-refractivity contribution in [1.29, 1.82) is 0 Å². The first-order valence-corrected chi connectivity index (χ1v) is 12.2. The van der Waals surface area contributed by atoms with Gasteiger partial charge >= 0.3 is 0 Å². The van der Waals surface area contributed by atoms with Gasteiger partial charge < -0.3 is 9.47 Å². The highest BCUT2D eigenvalue weighted by Gasteiger charge is 2.33. The second kappa shape index (κ2) is 8.37. The van der Waals surface area contributed by atoms with E-state index in [1.807, 2.05) is 40.5 Å². The molecular formula is C20H25N5O3S2. The van der Waals surface area contributed by atoms with E-state index in [1.165, 1.54) is 4.31 Å². The minimum Gasteiger partial charge on any atom is -0.346 e. The molecule has 1 aliphatic rings. The number of aromatic amines is 1. The lowest BCUT2D eigenvalue weighted by Gasteiger charge is -2.34. The van der Waals surface area contributed by atoms with E-state index >= 15 is 0 Å². The molecule has 0 aliphatic carbocycles. The summed E-state index contributed by atoms with van der Waals surface area (Å²) in [5, 5.41) is 10.8. The molecule has 1 saturated heterocycles. The van der Waals surface area contributed by atoms with Gasteiger partial charge in [0.25, 0.3) is 0 Å². The highest BCUT2D eigenvalue weighted by molar-refractivity contribution is 7.89. The Morgan fingerprint density at radius 3 is 2.47 bits per heavy atom. The quantitative estimate of drug-likeness (QED) is 0.628. The Hall–Kier alpha value is -2.43. The first-order valence-electron chi connectivity index (χ1n) is 9.82. The molecular weight excluding hydrogens is 422 g/mol. The maximum Gasteiger partial charge on any atom is 0.246 e. The number of aryl methyl sites for hydroxylation is 2. The first kappa shape index (κ1) is 20.8. The van der Waals surface area contributed by atoms with Crippen LogP contribution in [0, 0.1) is 13.8 Å². The number of amides is 1. The molecule has 3 aromatic rings. The highest BCUT2D eigenvalue weighted by Crippen LogP contribution is 2.27. The predicted octanol–water partition coefficient (Wildman–Crippen LogP) is 2.40. The molecule has 30 heavy (non-hydrogen) atoms. The number of nitrogens with zero attached hydrogens (tertiary/aromatic N) is 4. The Labute approximate surface area is 180 Å². The molecule has 1 amide bonds. The molecule has 0 bridgehead atoms.